The van der Waals surface area contributed by atoms with Crippen molar-refractivity contribution in [3.63, 3.8) is 0 Å². The molecule has 0 unspecified atom stereocenters. The van der Waals surface area contributed by atoms with Crippen LogP contribution in [-0.2, 0) is 11.2 Å². The third-order valence-corrected chi connectivity index (χ3v) is 5.19. The van der Waals surface area contributed by atoms with Gasteiger partial charge in [-0.3, -0.25) is 4.99 Å². The topological polar surface area (TPSA) is 45.7 Å². The van der Waals surface area contributed by atoms with Gasteiger partial charge in [-0.25, -0.2) is 0 Å². The quantitative estimate of drug-likeness (QED) is 0.333. The lowest BCUT2D eigenvalue weighted by molar-refractivity contribution is 0.138. The van der Waals surface area contributed by atoms with Crippen LogP contribution in [0.2, 0.25) is 5.02 Å². The Morgan fingerprint density at radius 2 is 2.04 bits per heavy atom. The molecule has 0 atom stereocenters. The lowest BCUT2D eigenvalue weighted by Gasteiger charge is -2.30. The molecule has 1 aliphatic rings. The number of nitrogens with one attached hydrogen (secondary N) is 2. The predicted molar refractivity (Wildman–Crippen MR) is 117 cm³/mol. The highest BCUT2D eigenvalue weighted by Gasteiger charge is 2.33. The molecule has 0 saturated heterocycles. The summed E-state index contributed by atoms with van der Waals surface area (Å²) in [5, 5.41) is 7.70. The molecule has 0 bridgehead atoms. The highest BCUT2D eigenvalue weighted by molar-refractivity contribution is 14.0. The number of hydrogen-bond acceptors (Lipinski definition) is 2. The number of guanidine groups is 1. The van der Waals surface area contributed by atoms with Crippen molar-refractivity contribution in [3.05, 3.63) is 34.9 Å². The highest BCUT2D eigenvalue weighted by atomic mass is 127. The number of nitrogens with zero attached hydrogens (tertiary/aromatic N) is 1. The fraction of sp³-hybridized carbons (Fsp3) is 0.632. The third-order valence-electron chi connectivity index (χ3n) is 4.95. The van der Waals surface area contributed by atoms with Crippen LogP contribution in [0.3, 0.4) is 0 Å². The van der Waals surface area contributed by atoms with Crippen molar-refractivity contribution < 1.29 is 4.74 Å². The Hall–Kier alpha value is -0.530. The molecule has 1 aromatic rings. The molecular weight excluding hydrogens is 449 g/mol. The standard InChI is InChI=1S/C19H30ClN3O.HI/c1-21-18(22-12-8-16-6-5-7-17(20)14-16)23-15-19(11-13-24-2)9-3-4-10-19;/h5-7,14H,3-4,8-13,15H2,1-2H3,(H2,21,22,23);1H. The van der Waals surface area contributed by atoms with Gasteiger partial charge in [0.25, 0.3) is 0 Å². The lowest BCUT2D eigenvalue weighted by atomic mass is 9.83. The van der Waals surface area contributed by atoms with E-state index in [-0.39, 0.29) is 24.0 Å². The molecule has 1 saturated carbocycles. The Morgan fingerprint density at radius 3 is 2.68 bits per heavy atom. The van der Waals surface area contributed by atoms with Crippen molar-refractivity contribution >= 4 is 41.5 Å². The molecule has 0 heterocycles. The van der Waals surface area contributed by atoms with Crippen LogP contribution in [0.25, 0.3) is 0 Å². The molecule has 0 aliphatic heterocycles. The number of rotatable bonds is 8. The van der Waals surface area contributed by atoms with Gasteiger partial charge in [-0.15, -0.1) is 24.0 Å². The molecule has 1 aromatic carbocycles. The summed E-state index contributed by atoms with van der Waals surface area (Å²) in [5.74, 6) is 0.876. The molecule has 0 aromatic heterocycles. The second-order valence-corrected chi connectivity index (χ2v) is 7.12. The highest BCUT2D eigenvalue weighted by Crippen LogP contribution is 2.40. The van der Waals surface area contributed by atoms with E-state index < -0.39 is 0 Å². The van der Waals surface area contributed by atoms with Gasteiger partial charge in [0, 0.05) is 38.9 Å². The van der Waals surface area contributed by atoms with Crippen LogP contribution in [-0.4, -0.2) is 39.8 Å². The van der Waals surface area contributed by atoms with E-state index in [2.05, 4.69) is 21.7 Å². The minimum absolute atomic E-state index is 0. The zero-order chi connectivity index (χ0) is 17.3. The fourth-order valence-corrected chi connectivity index (χ4v) is 3.68. The molecule has 2 N–H and O–H groups in total. The lowest BCUT2D eigenvalue weighted by Crippen LogP contribution is -2.43. The Labute approximate surface area is 174 Å². The SMILES string of the molecule is CN=C(NCCc1cccc(Cl)c1)NCC1(CCOC)CCCC1.I. The number of methoxy groups -OCH3 is 1. The number of halogens is 2. The molecule has 25 heavy (non-hydrogen) atoms. The number of benzene rings is 1. The van der Waals surface area contributed by atoms with Gasteiger partial charge in [-0.05, 0) is 48.8 Å². The summed E-state index contributed by atoms with van der Waals surface area (Å²) in [5.41, 5.74) is 1.60. The van der Waals surface area contributed by atoms with Gasteiger partial charge in [0.05, 0.1) is 0 Å². The van der Waals surface area contributed by atoms with Crippen molar-refractivity contribution in [1.29, 1.82) is 0 Å². The Bertz CT molecular complexity index is 533. The second kappa shape index (κ2) is 12.0. The minimum Gasteiger partial charge on any atom is -0.385 e. The fourth-order valence-electron chi connectivity index (χ4n) is 3.47. The minimum atomic E-state index is 0. The van der Waals surface area contributed by atoms with E-state index in [4.69, 9.17) is 16.3 Å². The molecule has 0 amide bonds. The average molecular weight is 480 g/mol. The zero-order valence-corrected chi connectivity index (χ0v) is 18.4. The summed E-state index contributed by atoms with van der Waals surface area (Å²) in [7, 11) is 3.61. The smallest absolute Gasteiger partial charge is 0.191 e. The number of aliphatic imine (C=N–C) groups is 1. The van der Waals surface area contributed by atoms with Crippen LogP contribution >= 0.6 is 35.6 Å². The summed E-state index contributed by atoms with van der Waals surface area (Å²) < 4.78 is 5.30. The maximum absolute atomic E-state index is 6.03. The molecule has 6 heteroatoms. The summed E-state index contributed by atoms with van der Waals surface area (Å²) in [6.45, 7) is 2.64. The van der Waals surface area contributed by atoms with Crippen LogP contribution in [0.1, 0.15) is 37.7 Å². The first-order chi connectivity index (χ1) is 11.7. The van der Waals surface area contributed by atoms with Gasteiger partial charge in [0.1, 0.15) is 0 Å². The zero-order valence-electron chi connectivity index (χ0n) is 15.3. The summed E-state index contributed by atoms with van der Waals surface area (Å²) in [6, 6.07) is 8.00. The van der Waals surface area contributed by atoms with Gasteiger partial charge >= 0.3 is 0 Å². The van der Waals surface area contributed by atoms with Crippen LogP contribution in [0.5, 0.6) is 0 Å². The predicted octanol–water partition coefficient (Wildman–Crippen LogP) is 4.26. The molecule has 0 spiro atoms. The van der Waals surface area contributed by atoms with E-state index in [1.54, 1.807) is 7.11 Å². The maximum atomic E-state index is 6.03. The van der Waals surface area contributed by atoms with E-state index in [1.807, 2.05) is 25.2 Å². The van der Waals surface area contributed by atoms with Gasteiger partial charge in [-0.2, -0.15) is 0 Å². The Kier molecular flexibility index (Phi) is 10.8. The average Bonchev–Trinajstić information content (AvgIpc) is 3.05. The molecule has 142 valence electrons. The van der Waals surface area contributed by atoms with E-state index in [0.717, 1.165) is 43.5 Å². The van der Waals surface area contributed by atoms with Crippen LogP contribution in [0, 0.1) is 5.41 Å². The molecule has 1 aliphatic carbocycles. The number of hydrogen-bond donors (Lipinski definition) is 2. The number of ether oxygens (including phenoxy) is 1. The van der Waals surface area contributed by atoms with Crippen molar-refractivity contribution in [2.24, 2.45) is 10.4 Å². The first-order valence-corrected chi connectivity index (χ1v) is 9.23. The first kappa shape index (κ1) is 22.5. The largest absolute Gasteiger partial charge is 0.385 e. The molecule has 4 nitrogen and oxygen atoms in total. The van der Waals surface area contributed by atoms with Crippen LogP contribution in [0.4, 0.5) is 0 Å². The molecule has 0 radical (unpaired) electrons. The maximum Gasteiger partial charge on any atom is 0.191 e. The first-order valence-electron chi connectivity index (χ1n) is 8.85. The van der Waals surface area contributed by atoms with Crippen molar-refractivity contribution in [1.82, 2.24) is 10.6 Å². The Balaban J connectivity index is 0.00000312. The van der Waals surface area contributed by atoms with Crippen LogP contribution in [0.15, 0.2) is 29.3 Å². The van der Waals surface area contributed by atoms with Gasteiger partial charge in [0.15, 0.2) is 5.96 Å². The van der Waals surface area contributed by atoms with Crippen molar-refractivity contribution in [2.45, 2.75) is 38.5 Å². The van der Waals surface area contributed by atoms with Crippen LogP contribution < -0.4 is 10.6 Å². The van der Waals surface area contributed by atoms with E-state index in [9.17, 15) is 0 Å². The van der Waals surface area contributed by atoms with E-state index in [0.29, 0.717) is 5.41 Å². The van der Waals surface area contributed by atoms with Crippen molar-refractivity contribution in [2.75, 3.05) is 33.9 Å². The van der Waals surface area contributed by atoms with Gasteiger partial charge in [0.2, 0.25) is 0 Å². The molecule has 2 rings (SSSR count). The van der Waals surface area contributed by atoms with Gasteiger partial charge < -0.3 is 15.4 Å². The molecule has 1 fully saturated rings. The Morgan fingerprint density at radius 1 is 1.28 bits per heavy atom. The van der Waals surface area contributed by atoms with E-state index in [1.165, 1.54) is 31.2 Å². The molecular formula is C19H31ClIN3O. The van der Waals surface area contributed by atoms with Crippen molar-refractivity contribution in [3.8, 4) is 0 Å². The monoisotopic (exact) mass is 479 g/mol. The summed E-state index contributed by atoms with van der Waals surface area (Å²) >= 11 is 6.03. The van der Waals surface area contributed by atoms with E-state index >= 15 is 0 Å². The summed E-state index contributed by atoms with van der Waals surface area (Å²) in [4.78, 5) is 4.35. The summed E-state index contributed by atoms with van der Waals surface area (Å²) in [6.07, 6.45) is 7.26. The normalized spacial score (nSPS) is 16.4. The second-order valence-electron chi connectivity index (χ2n) is 6.68. The van der Waals surface area contributed by atoms with Gasteiger partial charge in [-0.1, -0.05) is 36.6 Å². The third kappa shape index (κ3) is 7.71.